The molecule has 0 spiro atoms. The van der Waals surface area contributed by atoms with Gasteiger partial charge in [0.05, 0.1) is 6.61 Å². The van der Waals surface area contributed by atoms with Crippen molar-refractivity contribution in [2.75, 3.05) is 6.61 Å². The van der Waals surface area contributed by atoms with Crippen molar-refractivity contribution in [3.8, 4) is 0 Å². The van der Waals surface area contributed by atoms with Crippen LogP contribution in [0.3, 0.4) is 0 Å². The Balaban J connectivity index is 4.34. The zero-order valence-corrected chi connectivity index (χ0v) is 11.2. The minimum atomic E-state index is -1.57. The average molecular weight is 246 g/mol. The van der Waals surface area contributed by atoms with Gasteiger partial charge in [-0.1, -0.05) is 26.2 Å². The molecule has 1 atom stereocenters. The molecule has 0 aliphatic rings. The van der Waals surface area contributed by atoms with Crippen molar-refractivity contribution in [3.63, 3.8) is 0 Å². The SMILES string of the molecule is CCCCCCC(O)(C(C)=O)C(=S)OCC. The molecule has 0 bridgehead atoms. The summed E-state index contributed by atoms with van der Waals surface area (Å²) in [6, 6.07) is 0. The molecule has 0 aromatic rings. The van der Waals surface area contributed by atoms with Crippen LogP contribution in [-0.2, 0) is 9.53 Å². The molecule has 0 aliphatic carbocycles. The molecule has 0 fully saturated rings. The van der Waals surface area contributed by atoms with Crippen molar-refractivity contribution in [1.29, 1.82) is 0 Å². The molecule has 1 unspecified atom stereocenters. The van der Waals surface area contributed by atoms with Crippen LogP contribution in [0.2, 0.25) is 0 Å². The van der Waals surface area contributed by atoms with Crippen LogP contribution in [0.15, 0.2) is 0 Å². The molecule has 3 nitrogen and oxygen atoms in total. The van der Waals surface area contributed by atoms with E-state index in [1.807, 2.05) is 0 Å². The van der Waals surface area contributed by atoms with Gasteiger partial charge in [0.2, 0.25) is 0 Å². The van der Waals surface area contributed by atoms with Crippen molar-refractivity contribution in [1.82, 2.24) is 0 Å². The Bertz CT molecular complexity index is 240. The first-order chi connectivity index (χ1) is 7.49. The fraction of sp³-hybridized carbons (Fsp3) is 0.833. The predicted molar refractivity (Wildman–Crippen MR) is 68.6 cm³/mol. The van der Waals surface area contributed by atoms with E-state index in [4.69, 9.17) is 17.0 Å². The fourth-order valence-electron chi connectivity index (χ4n) is 1.48. The Kier molecular flexibility index (Phi) is 7.51. The molecule has 16 heavy (non-hydrogen) atoms. The van der Waals surface area contributed by atoms with Crippen LogP contribution >= 0.6 is 12.2 Å². The van der Waals surface area contributed by atoms with Crippen molar-refractivity contribution < 1.29 is 14.6 Å². The maximum absolute atomic E-state index is 11.4. The fourth-order valence-corrected chi connectivity index (χ4v) is 1.84. The number of aliphatic hydroxyl groups is 1. The lowest BCUT2D eigenvalue weighted by atomic mass is 9.93. The van der Waals surface area contributed by atoms with Gasteiger partial charge >= 0.3 is 0 Å². The summed E-state index contributed by atoms with van der Waals surface area (Å²) in [5.41, 5.74) is -1.57. The van der Waals surface area contributed by atoms with Gasteiger partial charge in [-0.3, -0.25) is 4.79 Å². The number of ether oxygens (including phenoxy) is 1. The highest BCUT2D eigenvalue weighted by Gasteiger charge is 2.38. The van der Waals surface area contributed by atoms with Crippen LogP contribution in [0.25, 0.3) is 0 Å². The third kappa shape index (κ3) is 4.58. The van der Waals surface area contributed by atoms with Gasteiger partial charge < -0.3 is 9.84 Å². The monoisotopic (exact) mass is 246 g/mol. The van der Waals surface area contributed by atoms with Crippen molar-refractivity contribution >= 4 is 23.1 Å². The molecule has 0 saturated heterocycles. The number of Topliss-reactive ketones (excluding diaryl/α,β-unsaturated/α-hetero) is 1. The Morgan fingerprint density at radius 3 is 2.38 bits per heavy atom. The number of rotatable bonds is 8. The van der Waals surface area contributed by atoms with E-state index in [0.29, 0.717) is 13.0 Å². The second kappa shape index (κ2) is 7.74. The van der Waals surface area contributed by atoms with Crippen LogP contribution in [0.1, 0.15) is 52.9 Å². The summed E-state index contributed by atoms with van der Waals surface area (Å²) in [7, 11) is 0. The van der Waals surface area contributed by atoms with Crippen LogP contribution in [0.4, 0.5) is 0 Å². The summed E-state index contributed by atoms with van der Waals surface area (Å²) >= 11 is 4.95. The normalized spacial score (nSPS) is 14.2. The highest BCUT2D eigenvalue weighted by molar-refractivity contribution is 7.80. The molecule has 0 amide bonds. The van der Waals surface area contributed by atoms with E-state index in [1.165, 1.54) is 6.92 Å². The zero-order valence-electron chi connectivity index (χ0n) is 10.4. The van der Waals surface area contributed by atoms with Gasteiger partial charge in [0.1, 0.15) is 0 Å². The summed E-state index contributed by atoms with van der Waals surface area (Å²) in [5.74, 6) is -0.331. The van der Waals surface area contributed by atoms with Crippen LogP contribution in [0, 0.1) is 0 Å². The molecule has 0 aromatic carbocycles. The highest BCUT2D eigenvalue weighted by Crippen LogP contribution is 2.20. The minimum Gasteiger partial charge on any atom is -0.484 e. The largest absolute Gasteiger partial charge is 0.484 e. The standard InChI is InChI=1S/C12H22O3S/c1-4-6-7-8-9-12(14,10(3)13)11(16)15-5-2/h14H,4-9H2,1-3H3. The van der Waals surface area contributed by atoms with Crippen molar-refractivity contribution in [3.05, 3.63) is 0 Å². The van der Waals surface area contributed by atoms with Gasteiger partial charge in [-0.2, -0.15) is 0 Å². The molecule has 4 heteroatoms. The summed E-state index contributed by atoms with van der Waals surface area (Å²) in [4.78, 5) is 11.4. The molecule has 0 heterocycles. The molecule has 0 rings (SSSR count). The minimum absolute atomic E-state index is 0.0130. The predicted octanol–water partition coefficient (Wildman–Crippen LogP) is 2.64. The third-order valence-corrected chi connectivity index (χ3v) is 3.04. The maximum Gasteiger partial charge on any atom is 0.199 e. The van der Waals surface area contributed by atoms with E-state index in [1.54, 1.807) is 6.92 Å². The molecule has 0 saturated carbocycles. The molecular formula is C12H22O3S. The van der Waals surface area contributed by atoms with Crippen LogP contribution < -0.4 is 0 Å². The first kappa shape index (κ1) is 15.5. The Hall–Kier alpha value is -0.480. The molecular weight excluding hydrogens is 224 g/mol. The first-order valence-corrected chi connectivity index (χ1v) is 6.30. The number of unbranched alkanes of at least 4 members (excludes halogenated alkanes) is 3. The number of hydrogen-bond donors (Lipinski definition) is 1. The number of carbonyl (C=O) groups is 1. The summed E-state index contributed by atoms with van der Waals surface area (Å²) in [6.07, 6.45) is 4.38. The van der Waals surface area contributed by atoms with Gasteiger partial charge in [0.15, 0.2) is 16.4 Å². The molecule has 94 valence electrons. The quantitative estimate of drug-likeness (QED) is 0.528. The van der Waals surface area contributed by atoms with E-state index >= 15 is 0 Å². The third-order valence-electron chi connectivity index (χ3n) is 2.59. The van der Waals surface area contributed by atoms with Crippen molar-refractivity contribution in [2.45, 2.75) is 58.5 Å². The Morgan fingerprint density at radius 2 is 1.94 bits per heavy atom. The second-order valence-electron chi connectivity index (χ2n) is 3.95. The summed E-state index contributed by atoms with van der Waals surface area (Å²) in [6.45, 7) is 5.63. The van der Waals surface area contributed by atoms with E-state index in [-0.39, 0.29) is 10.8 Å². The second-order valence-corrected chi connectivity index (χ2v) is 4.32. The Labute approximate surface area is 103 Å². The molecule has 0 aliphatic heterocycles. The van der Waals surface area contributed by atoms with Crippen LogP contribution in [0.5, 0.6) is 0 Å². The smallest absolute Gasteiger partial charge is 0.199 e. The van der Waals surface area contributed by atoms with Crippen LogP contribution in [-0.4, -0.2) is 28.1 Å². The lowest BCUT2D eigenvalue weighted by Gasteiger charge is -2.25. The number of hydrogen-bond acceptors (Lipinski definition) is 4. The molecule has 1 N–H and O–H groups in total. The first-order valence-electron chi connectivity index (χ1n) is 5.89. The van der Waals surface area contributed by atoms with Gasteiger partial charge in [-0.05, 0) is 38.9 Å². The summed E-state index contributed by atoms with van der Waals surface area (Å²) < 4.78 is 5.09. The molecule has 0 aromatic heterocycles. The van der Waals surface area contributed by atoms with Gasteiger partial charge in [0, 0.05) is 0 Å². The van der Waals surface area contributed by atoms with Crippen molar-refractivity contribution in [2.24, 2.45) is 0 Å². The highest BCUT2D eigenvalue weighted by atomic mass is 32.1. The Morgan fingerprint density at radius 1 is 1.31 bits per heavy atom. The molecule has 0 radical (unpaired) electrons. The average Bonchev–Trinajstić information content (AvgIpc) is 2.24. The topological polar surface area (TPSA) is 46.5 Å². The lowest BCUT2D eigenvalue weighted by molar-refractivity contribution is -0.130. The zero-order chi connectivity index (χ0) is 12.6. The van der Waals surface area contributed by atoms with E-state index in [9.17, 15) is 9.90 Å². The number of thiocarbonyl (C=S) groups is 1. The maximum atomic E-state index is 11.4. The van der Waals surface area contributed by atoms with E-state index < -0.39 is 5.60 Å². The number of carbonyl (C=O) groups excluding carboxylic acids is 1. The van der Waals surface area contributed by atoms with Gasteiger partial charge in [-0.25, -0.2) is 0 Å². The van der Waals surface area contributed by atoms with E-state index in [2.05, 4.69) is 6.92 Å². The number of ketones is 1. The lowest BCUT2D eigenvalue weighted by Crippen LogP contribution is -2.45. The van der Waals surface area contributed by atoms with Gasteiger partial charge in [0.25, 0.3) is 0 Å². The van der Waals surface area contributed by atoms with E-state index in [0.717, 1.165) is 25.7 Å². The summed E-state index contributed by atoms with van der Waals surface area (Å²) in [5, 5.41) is 10.2. The van der Waals surface area contributed by atoms with Gasteiger partial charge in [-0.15, -0.1) is 0 Å².